The Labute approximate surface area is 337 Å². The Kier molecular flexibility index (Phi) is 12.4. The molecule has 1 saturated carbocycles. The minimum atomic E-state index is -0.163. The fourth-order valence-electron chi connectivity index (χ4n) is 6.96. The average Bonchev–Trinajstić information content (AvgIpc) is 3.43. The van der Waals surface area contributed by atoms with Crippen LogP contribution in [-0.2, 0) is 36.8 Å². The van der Waals surface area contributed by atoms with Crippen molar-refractivity contribution in [2.75, 3.05) is 0 Å². The maximum Gasteiger partial charge on any atom is 0.127 e. The molecule has 2 aliphatic rings. The molecule has 0 spiro atoms. The Hall–Kier alpha value is -4.07. The molecule has 0 unspecified atom stereocenters. The van der Waals surface area contributed by atoms with Crippen LogP contribution in [0, 0.1) is 0 Å². The molecule has 2 N–H and O–H groups in total. The van der Waals surface area contributed by atoms with Crippen molar-refractivity contribution in [3.63, 3.8) is 0 Å². The molecule has 2 fully saturated rings. The zero-order valence-electron chi connectivity index (χ0n) is 35.1. The molecule has 297 valence electrons. The van der Waals surface area contributed by atoms with E-state index in [0.717, 1.165) is 56.0 Å². The fraction of sp³-hybridized carbons (Fsp3) is 0.458. The Bertz CT molecular complexity index is 1920. The van der Waals surface area contributed by atoms with Gasteiger partial charge in [-0.2, -0.15) is 0 Å². The summed E-state index contributed by atoms with van der Waals surface area (Å²) in [5.74, 6) is 2.22. The van der Waals surface area contributed by atoms with Gasteiger partial charge < -0.3 is 9.84 Å². The van der Waals surface area contributed by atoms with Crippen LogP contribution in [-0.4, -0.2) is 42.0 Å². The van der Waals surface area contributed by atoms with Gasteiger partial charge in [0, 0.05) is 0 Å². The van der Waals surface area contributed by atoms with Gasteiger partial charge in [-0.05, 0) is 24.3 Å². The van der Waals surface area contributed by atoms with E-state index in [0.29, 0.717) is 29.3 Å². The third-order valence-electron chi connectivity index (χ3n) is 10.4. The SMILES string of the molecule is CC(C)(C)c1cc(C=[N+]2[Co][N+](=Cc3cc(C(C)(C)C)cc(C(C)(C)C)c3O)[C@@H]3CCCC[C@H]32)c(O)c(C(C)(C)C)c1.[O-]c1ccc(Oc2ccccc2)cc1. The molecule has 7 heteroatoms. The molecule has 4 aromatic rings. The Morgan fingerprint density at radius 3 is 1.36 bits per heavy atom. The van der Waals surface area contributed by atoms with Crippen molar-refractivity contribution in [3.05, 3.63) is 112 Å². The first-order chi connectivity index (χ1) is 25.5. The standard InChI is InChI=1S/C36H54N2O2.C12H10O2.Co/c1-33(2,3)25-17-23(31(39)27(19-25)35(7,8)9)21-37-29-15-13-14-16-30(29)38-22-24-18-26(34(4,5)6)20-28(32(24)40)36(10,11)12;13-10-6-8-12(9-7-10)14-11-4-2-1-3-5-11;/h17-22,29-30,39-40H,13-16H2,1-12H3;1-9,13H;/q;;+2/p-1/t29-,30-;;/m1../s1. The minimum Gasteiger partial charge on any atom is -0.872 e. The van der Waals surface area contributed by atoms with Gasteiger partial charge in [-0.25, -0.2) is 0 Å². The molecule has 55 heavy (non-hydrogen) atoms. The second kappa shape index (κ2) is 16.2. The largest absolute Gasteiger partial charge is 0.872 e. The quantitative estimate of drug-likeness (QED) is 0.216. The number of ether oxygens (including phenoxy) is 1. The number of phenols is 2. The first-order valence-electron chi connectivity index (χ1n) is 19.7. The number of nitrogens with zero attached hydrogens (tertiary/aromatic N) is 2. The summed E-state index contributed by atoms with van der Waals surface area (Å²) >= 11 is 1.10. The van der Waals surface area contributed by atoms with E-state index in [4.69, 9.17) is 4.74 Å². The van der Waals surface area contributed by atoms with Crippen LogP contribution in [0.3, 0.4) is 0 Å². The fourth-order valence-corrected chi connectivity index (χ4v) is 8.59. The van der Waals surface area contributed by atoms with E-state index in [9.17, 15) is 15.3 Å². The van der Waals surface area contributed by atoms with Crippen LogP contribution >= 0.6 is 0 Å². The molecular formula is C48H63CoN2O4+. The number of benzene rings is 4. The van der Waals surface area contributed by atoms with Gasteiger partial charge in [-0.3, -0.25) is 0 Å². The first kappa shape index (κ1) is 42.1. The Morgan fingerprint density at radius 1 is 0.582 bits per heavy atom. The molecule has 1 aliphatic heterocycles. The van der Waals surface area contributed by atoms with Gasteiger partial charge >= 0.3 is 257 Å². The molecule has 6 nitrogen and oxygen atoms in total. The summed E-state index contributed by atoms with van der Waals surface area (Å²) in [6.07, 6.45) is 9.09. The van der Waals surface area contributed by atoms with E-state index in [1.807, 2.05) is 30.3 Å². The van der Waals surface area contributed by atoms with Gasteiger partial charge in [0.2, 0.25) is 0 Å². The molecular weight excluding hydrogens is 727 g/mol. The molecule has 0 bridgehead atoms. The number of phenolic OH excluding ortho intramolecular Hbond substituents is 2. The summed E-state index contributed by atoms with van der Waals surface area (Å²) in [4.78, 5) is 0. The maximum absolute atomic E-state index is 11.5. The second-order valence-electron chi connectivity index (χ2n) is 19.2. The van der Waals surface area contributed by atoms with Crippen molar-refractivity contribution in [3.8, 4) is 28.7 Å². The Balaban J connectivity index is 0.000000345. The number of fused-ring (bicyclic) bond motifs is 1. The summed E-state index contributed by atoms with van der Waals surface area (Å²) in [6, 6.07) is 25.2. The van der Waals surface area contributed by atoms with Crippen molar-refractivity contribution in [1.29, 1.82) is 0 Å². The summed E-state index contributed by atoms with van der Waals surface area (Å²) in [5, 5.41) is 33.8. The summed E-state index contributed by atoms with van der Waals surface area (Å²) in [7, 11) is 0. The molecule has 1 saturated heterocycles. The van der Waals surface area contributed by atoms with Crippen LogP contribution in [0.15, 0.2) is 78.9 Å². The van der Waals surface area contributed by atoms with Crippen LogP contribution in [0.5, 0.6) is 28.7 Å². The van der Waals surface area contributed by atoms with Crippen molar-refractivity contribution < 1.29 is 42.4 Å². The molecule has 0 radical (unpaired) electrons. The maximum atomic E-state index is 11.5. The average molecular weight is 791 g/mol. The summed E-state index contributed by atoms with van der Waals surface area (Å²) in [6.45, 7) is 26.4. The monoisotopic (exact) mass is 790 g/mol. The molecule has 1 heterocycles. The van der Waals surface area contributed by atoms with Crippen LogP contribution < -0.4 is 9.84 Å². The van der Waals surface area contributed by atoms with Crippen molar-refractivity contribution in [2.45, 2.75) is 143 Å². The van der Waals surface area contributed by atoms with Crippen molar-refractivity contribution >= 4 is 12.4 Å². The van der Waals surface area contributed by atoms with E-state index in [-0.39, 0.29) is 27.4 Å². The van der Waals surface area contributed by atoms with E-state index >= 15 is 0 Å². The third-order valence-corrected chi connectivity index (χ3v) is 11.8. The topological polar surface area (TPSA) is 78.8 Å². The van der Waals surface area contributed by atoms with Crippen LogP contribution in [0.2, 0.25) is 0 Å². The predicted molar refractivity (Wildman–Crippen MR) is 220 cm³/mol. The van der Waals surface area contributed by atoms with Gasteiger partial charge in [0.15, 0.2) is 0 Å². The smallest absolute Gasteiger partial charge is 0.127 e. The van der Waals surface area contributed by atoms with E-state index in [1.165, 1.54) is 36.1 Å². The van der Waals surface area contributed by atoms with Crippen LogP contribution in [0.4, 0.5) is 0 Å². The van der Waals surface area contributed by atoms with Gasteiger partial charge in [0.25, 0.3) is 0 Å². The first-order valence-corrected chi connectivity index (χ1v) is 20.6. The van der Waals surface area contributed by atoms with Gasteiger partial charge in [0.05, 0.1) is 0 Å². The molecule has 1 aliphatic carbocycles. The van der Waals surface area contributed by atoms with E-state index in [2.05, 4.69) is 127 Å². The molecule has 0 aromatic heterocycles. The number of aromatic hydroxyl groups is 2. The van der Waals surface area contributed by atoms with Crippen LogP contribution in [0.1, 0.15) is 142 Å². The normalized spacial score (nSPS) is 19.3. The molecule has 6 rings (SSSR count). The number of para-hydroxylation sites is 1. The Morgan fingerprint density at radius 2 is 0.982 bits per heavy atom. The van der Waals surface area contributed by atoms with Crippen LogP contribution in [0.25, 0.3) is 0 Å². The second-order valence-corrected chi connectivity index (χ2v) is 20.5. The molecule has 0 amide bonds. The van der Waals surface area contributed by atoms with Gasteiger partial charge in [0.1, 0.15) is 11.5 Å². The number of rotatable bonds is 4. The van der Waals surface area contributed by atoms with E-state index < -0.39 is 0 Å². The molecule has 2 atom stereocenters. The van der Waals surface area contributed by atoms with E-state index in [1.54, 1.807) is 12.1 Å². The van der Waals surface area contributed by atoms with Crippen molar-refractivity contribution in [2.24, 2.45) is 0 Å². The zero-order chi connectivity index (χ0) is 40.5. The number of hydrogen-bond donors (Lipinski definition) is 2. The van der Waals surface area contributed by atoms with Gasteiger partial charge in [-0.15, -0.1) is 5.75 Å². The molecule has 4 aromatic carbocycles. The summed E-state index contributed by atoms with van der Waals surface area (Å²) < 4.78 is 10.3. The summed E-state index contributed by atoms with van der Waals surface area (Å²) in [5.41, 5.74) is 5.89. The zero-order valence-corrected chi connectivity index (χ0v) is 36.1. The van der Waals surface area contributed by atoms with Crippen molar-refractivity contribution in [1.82, 2.24) is 0 Å². The predicted octanol–water partition coefficient (Wildman–Crippen LogP) is 10.6. The van der Waals surface area contributed by atoms with Gasteiger partial charge in [-0.1, -0.05) is 30.3 Å². The number of hydrogen-bond acceptors (Lipinski definition) is 4. The third kappa shape index (κ3) is 10.4. The minimum absolute atomic E-state index is 0.00888.